The quantitative estimate of drug-likeness (QED) is 0.0321. The van der Waals surface area contributed by atoms with Crippen LogP contribution in [0.4, 0.5) is 0 Å². The molecule has 0 aromatic rings. The Morgan fingerprint density at radius 2 is 0.761 bits per heavy atom. The Hall–Kier alpha value is -1.66. The van der Waals surface area contributed by atoms with Crippen molar-refractivity contribution < 1.29 is 24.5 Å². The number of nitrogens with one attached hydrogen (secondary N) is 1. The Labute approximate surface area is 418 Å². The molecule has 0 fully saturated rings. The number of aliphatic hydroxyl groups is 2. The summed E-state index contributed by atoms with van der Waals surface area (Å²) in [4.78, 5) is 26.3. The molecule has 0 rings (SSSR count). The van der Waals surface area contributed by atoms with Crippen molar-refractivity contribution in [3.8, 4) is 0 Å². The number of esters is 1. The Morgan fingerprint density at radius 3 is 1.16 bits per heavy atom. The summed E-state index contributed by atoms with van der Waals surface area (Å²) in [6.07, 6.45) is 65.3. The minimum atomic E-state index is -0.785. The standard InChI is InChI=1S/C61H117NO5/c1-4-7-10-13-16-19-22-25-27-29-30-32-34-36-39-42-45-48-51-54-61(66)67-57(52-49-46-43-40-37-24-21-18-15-12-9-6-3)55-60(65)62-58(56-63)59(64)53-50-47-44-41-38-35-33-31-28-26-23-20-17-14-11-8-5-2/h16,19,25,27,57-59,63-64H,4-15,17-18,20-24,26,28-56H2,1-3H3,(H,62,65)/b19-16-,27-25-. The maximum Gasteiger partial charge on any atom is 0.306 e. The molecule has 0 aromatic heterocycles. The number of carbonyl (C=O) groups excluding carboxylic acids is 2. The van der Waals surface area contributed by atoms with Gasteiger partial charge >= 0.3 is 5.97 Å². The van der Waals surface area contributed by atoms with Crippen LogP contribution in [0.2, 0.25) is 0 Å². The van der Waals surface area contributed by atoms with Crippen LogP contribution in [-0.2, 0) is 14.3 Å². The molecule has 0 saturated carbocycles. The molecular formula is C61H117NO5. The van der Waals surface area contributed by atoms with Crippen LogP contribution in [0.1, 0.15) is 329 Å². The van der Waals surface area contributed by atoms with Crippen molar-refractivity contribution in [1.29, 1.82) is 0 Å². The second-order valence-electron chi connectivity index (χ2n) is 20.8. The molecule has 0 aliphatic rings. The van der Waals surface area contributed by atoms with E-state index in [0.29, 0.717) is 19.3 Å². The molecule has 0 spiro atoms. The third-order valence-electron chi connectivity index (χ3n) is 14.0. The molecule has 0 heterocycles. The third-order valence-corrected chi connectivity index (χ3v) is 14.0. The van der Waals surface area contributed by atoms with Crippen LogP contribution < -0.4 is 5.32 Å². The number of ether oxygens (including phenoxy) is 1. The summed E-state index contributed by atoms with van der Waals surface area (Å²) in [5.41, 5.74) is 0. The predicted octanol–water partition coefficient (Wildman–Crippen LogP) is 18.6. The molecule has 67 heavy (non-hydrogen) atoms. The van der Waals surface area contributed by atoms with Gasteiger partial charge < -0.3 is 20.3 Å². The fourth-order valence-electron chi connectivity index (χ4n) is 9.46. The molecule has 6 heteroatoms. The highest BCUT2D eigenvalue weighted by Crippen LogP contribution is 2.19. The molecule has 0 bridgehead atoms. The van der Waals surface area contributed by atoms with Gasteiger partial charge in [-0.2, -0.15) is 0 Å². The maximum absolute atomic E-state index is 13.3. The van der Waals surface area contributed by atoms with E-state index < -0.39 is 18.2 Å². The van der Waals surface area contributed by atoms with E-state index >= 15 is 0 Å². The Kier molecular flexibility index (Phi) is 53.9. The number of hydrogen-bond donors (Lipinski definition) is 3. The molecule has 6 nitrogen and oxygen atoms in total. The fraction of sp³-hybridized carbons (Fsp3) is 0.902. The zero-order valence-electron chi connectivity index (χ0n) is 45.3. The minimum Gasteiger partial charge on any atom is -0.462 e. The van der Waals surface area contributed by atoms with Crippen LogP contribution in [0.5, 0.6) is 0 Å². The van der Waals surface area contributed by atoms with Crippen LogP contribution in [0, 0.1) is 0 Å². The normalized spacial score (nSPS) is 13.2. The average Bonchev–Trinajstić information content (AvgIpc) is 3.32. The lowest BCUT2D eigenvalue weighted by Gasteiger charge is -2.24. The van der Waals surface area contributed by atoms with Gasteiger partial charge in [0, 0.05) is 6.42 Å². The van der Waals surface area contributed by atoms with E-state index in [-0.39, 0.29) is 24.9 Å². The lowest BCUT2D eigenvalue weighted by Crippen LogP contribution is -2.46. The Morgan fingerprint density at radius 1 is 0.433 bits per heavy atom. The lowest BCUT2D eigenvalue weighted by atomic mass is 10.0. The van der Waals surface area contributed by atoms with Crippen LogP contribution in [0.15, 0.2) is 24.3 Å². The zero-order valence-corrected chi connectivity index (χ0v) is 45.3. The molecule has 0 aromatic carbocycles. The highest BCUT2D eigenvalue weighted by atomic mass is 16.5. The predicted molar refractivity (Wildman–Crippen MR) is 292 cm³/mol. The van der Waals surface area contributed by atoms with Crippen molar-refractivity contribution in [1.82, 2.24) is 5.32 Å². The summed E-state index contributed by atoms with van der Waals surface area (Å²) in [7, 11) is 0. The summed E-state index contributed by atoms with van der Waals surface area (Å²) >= 11 is 0. The summed E-state index contributed by atoms with van der Waals surface area (Å²) < 4.78 is 5.97. The minimum absolute atomic E-state index is 0.0823. The van der Waals surface area contributed by atoms with Crippen molar-refractivity contribution in [3.05, 3.63) is 24.3 Å². The molecule has 3 atom stereocenters. The summed E-state index contributed by atoms with van der Waals surface area (Å²) in [5, 5.41) is 23.9. The Balaban J connectivity index is 4.43. The zero-order chi connectivity index (χ0) is 48.8. The van der Waals surface area contributed by atoms with Gasteiger partial charge in [0.15, 0.2) is 0 Å². The van der Waals surface area contributed by atoms with Crippen molar-refractivity contribution >= 4 is 11.9 Å². The first-order valence-corrected chi connectivity index (χ1v) is 30.1. The lowest BCUT2D eigenvalue weighted by molar-refractivity contribution is -0.151. The van der Waals surface area contributed by atoms with Crippen LogP contribution in [0.25, 0.3) is 0 Å². The first kappa shape index (κ1) is 65.3. The number of aliphatic hydroxyl groups excluding tert-OH is 2. The molecule has 3 unspecified atom stereocenters. The van der Waals surface area contributed by atoms with E-state index in [0.717, 1.165) is 51.4 Å². The highest BCUT2D eigenvalue weighted by Gasteiger charge is 2.24. The van der Waals surface area contributed by atoms with Gasteiger partial charge in [-0.15, -0.1) is 0 Å². The SMILES string of the molecule is CCCCC/C=C\C/C=C\CCCCCCCCCCCC(=O)OC(CCCCCCCCCCCCCC)CC(=O)NC(CO)C(O)CCCCCCCCCCCCCCCCCCC. The molecule has 0 aliphatic heterocycles. The van der Waals surface area contributed by atoms with Crippen molar-refractivity contribution in [3.63, 3.8) is 0 Å². The molecule has 1 amide bonds. The third kappa shape index (κ3) is 50.5. The first-order chi connectivity index (χ1) is 33.0. The van der Waals surface area contributed by atoms with E-state index in [9.17, 15) is 19.8 Å². The average molecular weight is 945 g/mol. The summed E-state index contributed by atoms with van der Waals surface area (Å²) in [6, 6.07) is -0.698. The monoisotopic (exact) mass is 944 g/mol. The molecule has 3 N–H and O–H groups in total. The summed E-state index contributed by atoms with van der Waals surface area (Å²) in [5.74, 6) is -0.457. The van der Waals surface area contributed by atoms with E-state index in [1.807, 2.05) is 0 Å². The number of rotatable bonds is 55. The van der Waals surface area contributed by atoms with Gasteiger partial charge in [0.1, 0.15) is 6.10 Å². The van der Waals surface area contributed by atoms with Crippen molar-refractivity contribution in [2.45, 2.75) is 347 Å². The smallest absolute Gasteiger partial charge is 0.306 e. The van der Waals surface area contributed by atoms with Crippen molar-refractivity contribution in [2.75, 3.05) is 6.61 Å². The number of amides is 1. The van der Waals surface area contributed by atoms with Crippen LogP contribution in [-0.4, -0.2) is 46.9 Å². The number of allylic oxidation sites excluding steroid dienone is 4. The van der Waals surface area contributed by atoms with Gasteiger partial charge in [0.25, 0.3) is 0 Å². The first-order valence-electron chi connectivity index (χ1n) is 30.1. The number of unbranched alkanes of at least 4 members (excludes halogenated alkanes) is 39. The van der Waals surface area contributed by atoms with E-state index in [2.05, 4.69) is 50.4 Å². The van der Waals surface area contributed by atoms with E-state index in [1.165, 1.54) is 231 Å². The molecule has 0 radical (unpaired) electrons. The van der Waals surface area contributed by atoms with Crippen LogP contribution >= 0.6 is 0 Å². The molecule has 396 valence electrons. The van der Waals surface area contributed by atoms with Crippen LogP contribution in [0.3, 0.4) is 0 Å². The topological polar surface area (TPSA) is 95.9 Å². The van der Waals surface area contributed by atoms with Gasteiger partial charge in [0.2, 0.25) is 5.91 Å². The van der Waals surface area contributed by atoms with Gasteiger partial charge in [0.05, 0.1) is 25.2 Å². The highest BCUT2D eigenvalue weighted by molar-refractivity contribution is 5.77. The number of hydrogen-bond acceptors (Lipinski definition) is 5. The molecular weight excluding hydrogens is 827 g/mol. The second kappa shape index (κ2) is 55.3. The number of carbonyl (C=O) groups is 2. The van der Waals surface area contributed by atoms with Gasteiger partial charge in [-0.25, -0.2) is 0 Å². The van der Waals surface area contributed by atoms with E-state index in [4.69, 9.17) is 4.74 Å². The molecule has 0 saturated heterocycles. The molecule has 0 aliphatic carbocycles. The van der Waals surface area contributed by atoms with Gasteiger partial charge in [-0.3, -0.25) is 9.59 Å². The summed E-state index contributed by atoms with van der Waals surface area (Å²) in [6.45, 7) is 6.50. The van der Waals surface area contributed by atoms with Gasteiger partial charge in [-0.1, -0.05) is 283 Å². The fourth-order valence-corrected chi connectivity index (χ4v) is 9.46. The second-order valence-corrected chi connectivity index (χ2v) is 20.8. The largest absolute Gasteiger partial charge is 0.462 e. The van der Waals surface area contributed by atoms with Gasteiger partial charge in [-0.05, 0) is 57.8 Å². The maximum atomic E-state index is 13.3. The van der Waals surface area contributed by atoms with E-state index in [1.54, 1.807) is 0 Å². The Bertz CT molecular complexity index is 1060. The van der Waals surface area contributed by atoms with Crippen molar-refractivity contribution in [2.24, 2.45) is 0 Å².